The minimum atomic E-state index is -0.718. The van der Waals surface area contributed by atoms with Crippen molar-refractivity contribution < 1.29 is 14.6 Å². The van der Waals surface area contributed by atoms with Crippen LogP contribution in [0.5, 0.6) is 5.75 Å². The summed E-state index contributed by atoms with van der Waals surface area (Å²) in [5.41, 5.74) is 1.09. The van der Waals surface area contributed by atoms with Crippen LogP contribution in [0.4, 0.5) is 0 Å². The van der Waals surface area contributed by atoms with Crippen LogP contribution in [-0.4, -0.2) is 18.2 Å². The van der Waals surface area contributed by atoms with Gasteiger partial charge in [-0.15, -0.1) is 0 Å². The summed E-state index contributed by atoms with van der Waals surface area (Å²) < 4.78 is 5.19. The Kier molecular flexibility index (Phi) is 3.67. The van der Waals surface area contributed by atoms with Gasteiger partial charge in [0.2, 0.25) is 0 Å². The molecule has 1 saturated carbocycles. The van der Waals surface area contributed by atoms with E-state index in [1.54, 1.807) is 7.11 Å². The maximum absolute atomic E-state index is 11.0. The lowest BCUT2D eigenvalue weighted by Gasteiger charge is -2.33. The molecule has 0 amide bonds. The van der Waals surface area contributed by atoms with Crippen molar-refractivity contribution in [2.45, 2.75) is 31.6 Å². The van der Waals surface area contributed by atoms with Crippen molar-refractivity contribution in [2.24, 2.45) is 5.92 Å². The Morgan fingerprint density at radius 1 is 1.53 bits per heavy atom. The number of aliphatic carboxylic acids is 1. The van der Waals surface area contributed by atoms with Crippen LogP contribution in [0.3, 0.4) is 0 Å². The molecule has 0 heterocycles. The molecule has 1 aromatic carbocycles. The number of carboxylic acid groups (broad SMARTS) is 1. The highest BCUT2D eigenvalue weighted by molar-refractivity contribution is 5.68. The second kappa shape index (κ2) is 5.21. The number of carbonyl (C=O) groups is 1. The molecule has 2 rings (SSSR count). The van der Waals surface area contributed by atoms with Gasteiger partial charge in [-0.05, 0) is 42.4 Å². The maximum atomic E-state index is 11.0. The second-order valence-corrected chi connectivity index (χ2v) is 4.67. The molecule has 1 atom stereocenters. The van der Waals surface area contributed by atoms with Crippen molar-refractivity contribution in [2.75, 3.05) is 7.11 Å². The van der Waals surface area contributed by atoms with E-state index in [2.05, 4.69) is 0 Å². The largest absolute Gasteiger partial charge is 0.497 e. The van der Waals surface area contributed by atoms with Crippen LogP contribution in [0.1, 0.15) is 37.2 Å². The lowest BCUT2D eigenvalue weighted by atomic mass is 9.72. The van der Waals surface area contributed by atoms with Gasteiger partial charge in [0.15, 0.2) is 0 Å². The minimum absolute atomic E-state index is 0.136. The number of carboxylic acids is 1. The molecule has 0 aliphatic heterocycles. The summed E-state index contributed by atoms with van der Waals surface area (Å²) in [5.74, 6) is 0.747. The van der Waals surface area contributed by atoms with Gasteiger partial charge in [-0.2, -0.15) is 0 Å². The molecule has 0 radical (unpaired) electrons. The van der Waals surface area contributed by atoms with E-state index in [9.17, 15) is 4.79 Å². The highest BCUT2D eigenvalue weighted by atomic mass is 16.5. The third-order valence-electron chi connectivity index (χ3n) is 3.64. The van der Waals surface area contributed by atoms with Gasteiger partial charge >= 0.3 is 5.97 Å². The molecular formula is C14H18O3. The molecule has 1 fully saturated rings. The fourth-order valence-electron chi connectivity index (χ4n) is 2.46. The lowest BCUT2D eigenvalue weighted by Crippen LogP contribution is -2.22. The molecule has 1 N–H and O–H groups in total. The molecule has 3 heteroatoms. The average Bonchev–Trinajstić information content (AvgIpc) is 2.25. The van der Waals surface area contributed by atoms with Crippen LogP contribution in [-0.2, 0) is 4.79 Å². The Morgan fingerprint density at radius 2 is 2.29 bits per heavy atom. The fourth-order valence-corrected chi connectivity index (χ4v) is 2.46. The molecule has 92 valence electrons. The molecule has 0 unspecified atom stereocenters. The van der Waals surface area contributed by atoms with Crippen LogP contribution >= 0.6 is 0 Å². The van der Waals surface area contributed by atoms with E-state index in [-0.39, 0.29) is 12.3 Å². The first-order valence-electron chi connectivity index (χ1n) is 6.06. The molecule has 1 aromatic rings. The summed E-state index contributed by atoms with van der Waals surface area (Å²) in [6.45, 7) is 0. The van der Waals surface area contributed by atoms with Gasteiger partial charge in [0, 0.05) is 0 Å². The van der Waals surface area contributed by atoms with Crippen molar-refractivity contribution in [3.8, 4) is 5.75 Å². The van der Waals surface area contributed by atoms with Gasteiger partial charge in [-0.25, -0.2) is 0 Å². The Balaban J connectivity index is 2.20. The molecule has 0 bridgehead atoms. The molecule has 1 aliphatic carbocycles. The van der Waals surface area contributed by atoms with Crippen molar-refractivity contribution in [3.05, 3.63) is 29.8 Å². The van der Waals surface area contributed by atoms with E-state index in [1.807, 2.05) is 24.3 Å². The van der Waals surface area contributed by atoms with E-state index in [0.29, 0.717) is 5.92 Å². The van der Waals surface area contributed by atoms with Gasteiger partial charge in [0.05, 0.1) is 13.5 Å². The van der Waals surface area contributed by atoms with Gasteiger partial charge in [0.1, 0.15) is 5.75 Å². The summed E-state index contributed by atoms with van der Waals surface area (Å²) in [5, 5.41) is 9.01. The third-order valence-corrected chi connectivity index (χ3v) is 3.64. The fraction of sp³-hybridized carbons (Fsp3) is 0.500. The van der Waals surface area contributed by atoms with E-state index < -0.39 is 5.97 Å². The number of benzene rings is 1. The minimum Gasteiger partial charge on any atom is -0.497 e. The first-order chi connectivity index (χ1) is 8.20. The predicted molar refractivity (Wildman–Crippen MR) is 65.3 cm³/mol. The first kappa shape index (κ1) is 12.0. The molecular weight excluding hydrogens is 216 g/mol. The number of ether oxygens (including phenoxy) is 1. The average molecular weight is 234 g/mol. The monoisotopic (exact) mass is 234 g/mol. The number of hydrogen-bond donors (Lipinski definition) is 1. The van der Waals surface area contributed by atoms with Gasteiger partial charge in [0.25, 0.3) is 0 Å². The zero-order chi connectivity index (χ0) is 12.3. The Bertz CT molecular complexity index is 396. The van der Waals surface area contributed by atoms with Crippen LogP contribution in [0, 0.1) is 5.92 Å². The third kappa shape index (κ3) is 2.78. The molecule has 3 nitrogen and oxygen atoms in total. The Hall–Kier alpha value is -1.51. The quantitative estimate of drug-likeness (QED) is 0.851. The number of rotatable bonds is 5. The van der Waals surface area contributed by atoms with E-state index in [1.165, 1.54) is 6.42 Å². The standard InChI is InChI=1S/C14H18O3/c1-17-12-7-3-6-11(8-12)13(9-14(15)16)10-4-2-5-10/h3,6-8,10,13H,2,4-5,9H2,1H3,(H,15,16)/t13-/m0/s1. The van der Waals surface area contributed by atoms with Crippen molar-refractivity contribution >= 4 is 5.97 Å². The maximum Gasteiger partial charge on any atom is 0.303 e. The summed E-state index contributed by atoms with van der Waals surface area (Å²) in [4.78, 5) is 11.0. The normalized spacial score (nSPS) is 17.2. The van der Waals surface area contributed by atoms with E-state index in [0.717, 1.165) is 24.2 Å². The second-order valence-electron chi connectivity index (χ2n) is 4.67. The predicted octanol–water partition coefficient (Wildman–Crippen LogP) is 3.05. The molecule has 0 saturated heterocycles. The van der Waals surface area contributed by atoms with E-state index >= 15 is 0 Å². The Labute approximate surface area is 101 Å². The summed E-state index contributed by atoms with van der Waals surface area (Å²) in [6, 6.07) is 7.80. The molecule has 1 aliphatic rings. The van der Waals surface area contributed by atoms with Gasteiger partial charge in [-0.1, -0.05) is 18.6 Å². The lowest BCUT2D eigenvalue weighted by molar-refractivity contribution is -0.138. The Morgan fingerprint density at radius 3 is 2.82 bits per heavy atom. The molecule has 17 heavy (non-hydrogen) atoms. The van der Waals surface area contributed by atoms with Crippen molar-refractivity contribution in [3.63, 3.8) is 0 Å². The SMILES string of the molecule is COc1cccc([C@@H](CC(=O)O)C2CCC2)c1. The number of hydrogen-bond acceptors (Lipinski definition) is 2. The highest BCUT2D eigenvalue weighted by Crippen LogP contribution is 2.41. The van der Waals surface area contributed by atoms with E-state index in [4.69, 9.17) is 9.84 Å². The molecule has 0 spiro atoms. The zero-order valence-electron chi connectivity index (χ0n) is 10.1. The van der Waals surface area contributed by atoms with Crippen LogP contribution in [0.2, 0.25) is 0 Å². The van der Waals surface area contributed by atoms with Gasteiger partial charge in [-0.3, -0.25) is 4.79 Å². The van der Waals surface area contributed by atoms with Crippen molar-refractivity contribution in [1.29, 1.82) is 0 Å². The number of methoxy groups -OCH3 is 1. The summed E-state index contributed by atoms with van der Waals surface area (Å²) in [7, 11) is 1.63. The van der Waals surface area contributed by atoms with Crippen LogP contribution in [0.15, 0.2) is 24.3 Å². The topological polar surface area (TPSA) is 46.5 Å². The van der Waals surface area contributed by atoms with Crippen LogP contribution < -0.4 is 4.74 Å². The van der Waals surface area contributed by atoms with Crippen molar-refractivity contribution in [1.82, 2.24) is 0 Å². The van der Waals surface area contributed by atoms with Crippen LogP contribution in [0.25, 0.3) is 0 Å². The van der Waals surface area contributed by atoms with Gasteiger partial charge < -0.3 is 9.84 Å². The summed E-state index contributed by atoms with van der Waals surface area (Å²) in [6.07, 6.45) is 3.74. The zero-order valence-corrected chi connectivity index (χ0v) is 10.1. The smallest absolute Gasteiger partial charge is 0.303 e. The highest BCUT2D eigenvalue weighted by Gasteiger charge is 2.30. The molecule has 0 aromatic heterocycles. The summed E-state index contributed by atoms with van der Waals surface area (Å²) >= 11 is 0. The first-order valence-corrected chi connectivity index (χ1v) is 6.06.